The summed E-state index contributed by atoms with van der Waals surface area (Å²) in [6.45, 7) is 10.7. The van der Waals surface area contributed by atoms with Gasteiger partial charge in [-0.1, -0.05) is 45.1 Å². The second kappa shape index (κ2) is 15.1. The Hall–Kier alpha value is -2.04. The molecule has 9 nitrogen and oxygen atoms in total. The summed E-state index contributed by atoms with van der Waals surface area (Å²) in [5, 5.41) is 31.8. The van der Waals surface area contributed by atoms with Crippen LogP contribution in [0.5, 0.6) is 0 Å². The van der Waals surface area contributed by atoms with Gasteiger partial charge in [0.1, 0.15) is 23.9 Å². The third-order valence-electron chi connectivity index (χ3n) is 7.69. The lowest BCUT2D eigenvalue weighted by atomic mass is 9.88. The highest BCUT2D eigenvalue weighted by Gasteiger charge is 2.49. The lowest BCUT2D eigenvalue weighted by molar-refractivity contribution is -0.157. The van der Waals surface area contributed by atoms with E-state index < -0.39 is 42.0 Å². The monoisotopic (exact) mass is 552 g/mol. The maximum absolute atomic E-state index is 12.6. The molecule has 0 amide bonds. The molecule has 222 valence electrons. The largest absolute Gasteiger partial charge is 0.457 e. The molecule has 10 atom stereocenters. The van der Waals surface area contributed by atoms with Crippen LogP contribution in [0.15, 0.2) is 36.0 Å². The first-order valence-corrected chi connectivity index (χ1v) is 14.0. The molecule has 0 bridgehead atoms. The van der Waals surface area contributed by atoms with Crippen LogP contribution >= 0.6 is 0 Å². The van der Waals surface area contributed by atoms with Crippen molar-refractivity contribution in [3.63, 3.8) is 0 Å². The van der Waals surface area contributed by atoms with Gasteiger partial charge < -0.3 is 34.3 Å². The van der Waals surface area contributed by atoms with E-state index in [0.29, 0.717) is 6.42 Å². The first-order chi connectivity index (χ1) is 18.3. The van der Waals surface area contributed by atoms with Gasteiger partial charge in [-0.25, -0.2) is 0 Å². The summed E-state index contributed by atoms with van der Waals surface area (Å²) in [4.78, 5) is 24.2. The van der Waals surface area contributed by atoms with Crippen molar-refractivity contribution < 1.29 is 43.9 Å². The summed E-state index contributed by atoms with van der Waals surface area (Å²) in [5.74, 6) is -1.19. The van der Waals surface area contributed by atoms with Crippen molar-refractivity contribution in [2.24, 2.45) is 11.8 Å². The number of aliphatic hydroxyl groups is 3. The smallest absolute Gasteiger partial charge is 0.309 e. The Bertz CT molecular complexity index is 889. The minimum atomic E-state index is -1.42. The van der Waals surface area contributed by atoms with Gasteiger partial charge in [-0.3, -0.25) is 9.59 Å². The number of hydrogen-bond acceptors (Lipinski definition) is 9. The molecule has 0 aliphatic carbocycles. The standard InChI is InChI=1S/C30H48O9/c1-8-24(36-7)20(4)28-29(39-28)23(33)12-10-9-11-18(2)27-19(3)13-14-25(37-21(5)31)30(6,35)16-15-22(32)17-26(34)38-27/h9-11,13-14,19-20,22-25,27-29,32-33,35H,8,12,15-17H2,1-7H3/b10-9+,14-13+,18-11+/t19-,20+,22+,23+,24-,25-,27+,28+,29+,30+/m0/s1. The number of rotatable bonds is 10. The van der Waals surface area contributed by atoms with Crippen molar-refractivity contribution in [3.05, 3.63) is 36.0 Å². The molecular formula is C30H48O9. The van der Waals surface area contributed by atoms with E-state index in [2.05, 4.69) is 13.8 Å². The molecule has 0 saturated carbocycles. The number of allylic oxidation sites excluding steroid dienone is 2. The highest BCUT2D eigenvalue weighted by molar-refractivity contribution is 5.70. The molecule has 1 fully saturated rings. The molecule has 2 aliphatic heterocycles. The van der Waals surface area contributed by atoms with Gasteiger partial charge in [-0.2, -0.15) is 0 Å². The molecular weight excluding hydrogens is 504 g/mol. The number of cyclic esters (lactones) is 1. The summed E-state index contributed by atoms with van der Waals surface area (Å²) < 4.78 is 22.3. The van der Waals surface area contributed by atoms with E-state index in [-0.39, 0.29) is 49.4 Å². The maximum atomic E-state index is 12.6. The topological polar surface area (TPSA) is 135 Å². The second-order valence-corrected chi connectivity index (χ2v) is 11.2. The summed E-state index contributed by atoms with van der Waals surface area (Å²) in [5.41, 5.74) is -0.660. The molecule has 2 aliphatic rings. The van der Waals surface area contributed by atoms with Crippen molar-refractivity contribution in [2.45, 2.75) is 122 Å². The number of esters is 2. The third kappa shape index (κ3) is 10.1. The highest BCUT2D eigenvalue weighted by Crippen LogP contribution is 2.36. The zero-order valence-corrected chi connectivity index (χ0v) is 24.4. The van der Waals surface area contributed by atoms with Crippen molar-refractivity contribution in [2.75, 3.05) is 7.11 Å². The highest BCUT2D eigenvalue weighted by atomic mass is 16.6. The van der Waals surface area contributed by atoms with E-state index in [1.54, 1.807) is 26.2 Å². The zero-order valence-electron chi connectivity index (χ0n) is 24.4. The van der Waals surface area contributed by atoms with Crippen LogP contribution in [0.2, 0.25) is 0 Å². The molecule has 0 aromatic carbocycles. The Kier molecular flexibility index (Phi) is 12.8. The second-order valence-electron chi connectivity index (χ2n) is 11.2. The molecule has 9 heteroatoms. The van der Waals surface area contributed by atoms with E-state index in [9.17, 15) is 24.9 Å². The fourth-order valence-corrected chi connectivity index (χ4v) is 5.13. The van der Waals surface area contributed by atoms with Crippen LogP contribution in [0.25, 0.3) is 0 Å². The van der Waals surface area contributed by atoms with Gasteiger partial charge in [0.05, 0.1) is 30.8 Å². The van der Waals surface area contributed by atoms with Gasteiger partial charge in [0, 0.05) is 25.9 Å². The fraction of sp³-hybridized carbons (Fsp3) is 0.733. The molecule has 0 spiro atoms. The number of ether oxygens (including phenoxy) is 4. The van der Waals surface area contributed by atoms with Crippen molar-refractivity contribution >= 4 is 11.9 Å². The van der Waals surface area contributed by atoms with Crippen LogP contribution in [-0.2, 0) is 28.5 Å². The van der Waals surface area contributed by atoms with Gasteiger partial charge in [0.2, 0.25) is 0 Å². The number of carbonyl (C=O) groups is 2. The van der Waals surface area contributed by atoms with Crippen LogP contribution in [0, 0.1) is 11.8 Å². The van der Waals surface area contributed by atoms with Gasteiger partial charge in [-0.05, 0) is 51.2 Å². The summed E-state index contributed by atoms with van der Waals surface area (Å²) in [6.07, 6.45) is 6.87. The zero-order chi connectivity index (χ0) is 29.3. The minimum absolute atomic E-state index is 0.0224. The quantitative estimate of drug-likeness (QED) is 0.161. The van der Waals surface area contributed by atoms with E-state index in [1.807, 2.05) is 32.1 Å². The Morgan fingerprint density at radius 3 is 2.59 bits per heavy atom. The van der Waals surface area contributed by atoms with Crippen LogP contribution in [0.3, 0.4) is 0 Å². The number of aliphatic hydroxyl groups excluding tert-OH is 2. The predicted molar refractivity (Wildman–Crippen MR) is 147 cm³/mol. The average molecular weight is 553 g/mol. The molecule has 0 aromatic rings. The number of carbonyl (C=O) groups excluding carboxylic acids is 2. The van der Waals surface area contributed by atoms with Crippen molar-refractivity contribution in [1.29, 1.82) is 0 Å². The van der Waals surface area contributed by atoms with Crippen LogP contribution in [0.1, 0.15) is 73.6 Å². The van der Waals surface area contributed by atoms with Gasteiger partial charge in [0.15, 0.2) is 0 Å². The SMILES string of the molecule is CC[C@H](OC)[C@@H](C)[C@H]1O[C@@H]1[C@H](O)C/C=C/C=C(\C)[C@H]1OC(=O)C[C@H](O)CC[C@@](C)(O)[C@@H](OC(C)=O)/C=C/[C@@H]1C. The molecule has 1 saturated heterocycles. The predicted octanol–water partition coefficient (Wildman–Crippen LogP) is 3.40. The Morgan fingerprint density at radius 1 is 1.28 bits per heavy atom. The molecule has 2 rings (SSSR count). The molecule has 0 radical (unpaired) electrons. The van der Waals surface area contributed by atoms with Crippen LogP contribution in [0.4, 0.5) is 0 Å². The average Bonchev–Trinajstić information content (AvgIpc) is 3.67. The van der Waals surface area contributed by atoms with E-state index in [4.69, 9.17) is 18.9 Å². The summed E-state index contributed by atoms with van der Waals surface area (Å²) in [7, 11) is 1.69. The number of epoxide rings is 1. The number of methoxy groups -OCH3 is 1. The van der Waals surface area contributed by atoms with E-state index in [1.165, 1.54) is 6.92 Å². The number of hydrogen-bond donors (Lipinski definition) is 3. The van der Waals surface area contributed by atoms with Crippen LogP contribution < -0.4 is 0 Å². The Balaban J connectivity index is 2.11. The van der Waals surface area contributed by atoms with Gasteiger partial charge >= 0.3 is 11.9 Å². The van der Waals surface area contributed by atoms with E-state index >= 15 is 0 Å². The van der Waals surface area contributed by atoms with Crippen LogP contribution in [-0.4, -0.2) is 82.7 Å². The maximum Gasteiger partial charge on any atom is 0.309 e. The fourth-order valence-electron chi connectivity index (χ4n) is 5.13. The van der Waals surface area contributed by atoms with E-state index in [0.717, 1.165) is 12.0 Å². The molecule has 0 aromatic heterocycles. The summed E-state index contributed by atoms with van der Waals surface area (Å²) >= 11 is 0. The molecule has 0 unspecified atom stereocenters. The minimum Gasteiger partial charge on any atom is -0.457 e. The normalized spacial score (nSPS) is 35.7. The molecule has 3 N–H and O–H groups in total. The first-order valence-electron chi connectivity index (χ1n) is 14.0. The molecule has 2 heterocycles. The Labute approximate surface area is 232 Å². The van der Waals surface area contributed by atoms with Crippen molar-refractivity contribution in [1.82, 2.24) is 0 Å². The third-order valence-corrected chi connectivity index (χ3v) is 7.69. The lowest BCUT2D eigenvalue weighted by Crippen LogP contribution is -2.42. The van der Waals surface area contributed by atoms with Gasteiger partial charge in [-0.15, -0.1) is 0 Å². The summed E-state index contributed by atoms with van der Waals surface area (Å²) in [6, 6.07) is 0. The Morgan fingerprint density at radius 2 is 1.97 bits per heavy atom. The first kappa shape index (κ1) is 33.2. The molecule has 39 heavy (non-hydrogen) atoms. The van der Waals surface area contributed by atoms with Gasteiger partial charge in [0.25, 0.3) is 0 Å². The lowest BCUT2D eigenvalue weighted by Gasteiger charge is -2.32. The van der Waals surface area contributed by atoms with Crippen molar-refractivity contribution in [3.8, 4) is 0 Å².